The predicted molar refractivity (Wildman–Crippen MR) is 68.0 cm³/mol. The molecule has 0 aromatic heterocycles. The number of halogens is 1. The minimum absolute atomic E-state index is 0. The molecule has 0 saturated carbocycles. The van der Waals surface area contributed by atoms with Crippen LogP contribution in [0.4, 0.5) is 4.79 Å². The molecule has 1 rings (SSSR count). The molecular weight excluding hydrogens is 250 g/mol. The Hall–Kier alpha value is -0.460. The number of nitrogens with zero attached hydrogens (tertiary/aromatic N) is 1. The number of hydrogen-bond acceptors (Lipinski definition) is 4. The van der Waals surface area contributed by atoms with Crippen LogP contribution in [0.5, 0.6) is 0 Å². The standard InChI is InChI=1S/C9H17N3O2S.ClH/c1-9(2,6-10)11-7(13)5-12-3-4-15-8(12)14;/h3-6,10H2,1-2H3,(H,11,13);1H. The fourth-order valence-corrected chi connectivity index (χ4v) is 2.04. The first-order valence-electron chi connectivity index (χ1n) is 4.87. The fraction of sp³-hybridized carbons (Fsp3) is 0.778. The van der Waals surface area contributed by atoms with Crippen molar-refractivity contribution in [3.8, 4) is 0 Å². The van der Waals surface area contributed by atoms with Crippen LogP contribution in [0.2, 0.25) is 0 Å². The van der Waals surface area contributed by atoms with Crippen molar-refractivity contribution >= 4 is 35.3 Å². The second-order valence-electron chi connectivity index (χ2n) is 4.17. The molecule has 7 heteroatoms. The average molecular weight is 268 g/mol. The summed E-state index contributed by atoms with van der Waals surface area (Å²) in [6, 6.07) is 0. The summed E-state index contributed by atoms with van der Waals surface area (Å²) in [6.45, 7) is 4.87. The number of carbonyl (C=O) groups excluding carboxylic acids is 2. The highest BCUT2D eigenvalue weighted by atomic mass is 35.5. The zero-order valence-corrected chi connectivity index (χ0v) is 11.1. The third-order valence-electron chi connectivity index (χ3n) is 2.17. The summed E-state index contributed by atoms with van der Waals surface area (Å²) in [5.41, 5.74) is 5.08. The van der Waals surface area contributed by atoms with Crippen molar-refractivity contribution in [1.82, 2.24) is 10.2 Å². The summed E-state index contributed by atoms with van der Waals surface area (Å²) in [6.07, 6.45) is 0. The van der Waals surface area contributed by atoms with Crippen LogP contribution < -0.4 is 11.1 Å². The van der Waals surface area contributed by atoms with E-state index in [1.54, 1.807) is 4.90 Å². The summed E-state index contributed by atoms with van der Waals surface area (Å²) in [5.74, 6) is 0.619. The molecular formula is C9H18ClN3O2S. The third-order valence-corrected chi connectivity index (χ3v) is 3.06. The van der Waals surface area contributed by atoms with Gasteiger partial charge in [-0.1, -0.05) is 11.8 Å². The lowest BCUT2D eigenvalue weighted by atomic mass is 10.1. The molecule has 0 radical (unpaired) electrons. The summed E-state index contributed by atoms with van der Waals surface area (Å²) in [5, 5.41) is 2.77. The van der Waals surface area contributed by atoms with Gasteiger partial charge in [-0.05, 0) is 13.8 Å². The van der Waals surface area contributed by atoms with Crippen LogP contribution in [-0.2, 0) is 4.79 Å². The fourth-order valence-electron chi connectivity index (χ4n) is 1.21. The van der Waals surface area contributed by atoms with Gasteiger partial charge >= 0.3 is 0 Å². The molecule has 0 aromatic carbocycles. The second-order valence-corrected chi connectivity index (χ2v) is 5.22. The minimum atomic E-state index is -0.410. The Morgan fingerprint density at radius 1 is 1.62 bits per heavy atom. The lowest BCUT2D eigenvalue weighted by Gasteiger charge is -2.25. The molecule has 1 aliphatic rings. The largest absolute Gasteiger partial charge is 0.348 e. The summed E-state index contributed by atoms with van der Waals surface area (Å²) >= 11 is 1.25. The molecule has 0 spiro atoms. The van der Waals surface area contributed by atoms with E-state index in [-0.39, 0.29) is 30.1 Å². The smallest absolute Gasteiger partial charge is 0.282 e. The van der Waals surface area contributed by atoms with E-state index in [0.29, 0.717) is 13.1 Å². The Labute approximate surface area is 106 Å². The van der Waals surface area contributed by atoms with Crippen LogP contribution in [-0.4, -0.2) is 47.0 Å². The molecule has 16 heavy (non-hydrogen) atoms. The van der Waals surface area contributed by atoms with Gasteiger partial charge in [-0.15, -0.1) is 12.4 Å². The van der Waals surface area contributed by atoms with E-state index >= 15 is 0 Å². The van der Waals surface area contributed by atoms with Gasteiger partial charge in [0.1, 0.15) is 6.54 Å². The van der Waals surface area contributed by atoms with E-state index in [9.17, 15) is 9.59 Å². The summed E-state index contributed by atoms with van der Waals surface area (Å²) < 4.78 is 0. The number of nitrogens with two attached hydrogens (primary N) is 1. The van der Waals surface area contributed by atoms with Gasteiger partial charge in [0.2, 0.25) is 5.91 Å². The normalized spacial score (nSPS) is 15.9. The van der Waals surface area contributed by atoms with Crippen LogP contribution in [0.25, 0.3) is 0 Å². The lowest BCUT2D eigenvalue weighted by Crippen LogP contribution is -2.51. The Bertz CT molecular complexity index is 273. The Morgan fingerprint density at radius 2 is 2.25 bits per heavy atom. The number of nitrogens with one attached hydrogen (secondary N) is 1. The first-order valence-corrected chi connectivity index (χ1v) is 5.86. The Balaban J connectivity index is 0.00000225. The van der Waals surface area contributed by atoms with E-state index in [2.05, 4.69) is 5.32 Å². The molecule has 2 amide bonds. The van der Waals surface area contributed by atoms with Gasteiger partial charge in [0, 0.05) is 24.4 Å². The molecule has 0 aliphatic carbocycles. The second kappa shape index (κ2) is 6.32. The molecule has 1 fully saturated rings. The zero-order valence-electron chi connectivity index (χ0n) is 9.49. The van der Waals surface area contributed by atoms with Crippen LogP contribution in [0.1, 0.15) is 13.8 Å². The highest BCUT2D eigenvalue weighted by Crippen LogP contribution is 2.16. The molecule has 0 atom stereocenters. The molecule has 5 nitrogen and oxygen atoms in total. The van der Waals surface area contributed by atoms with Gasteiger partial charge in [0.15, 0.2) is 0 Å². The Morgan fingerprint density at radius 3 is 2.69 bits per heavy atom. The quantitative estimate of drug-likeness (QED) is 0.775. The maximum absolute atomic E-state index is 11.5. The van der Waals surface area contributed by atoms with Gasteiger partial charge in [0.25, 0.3) is 5.24 Å². The van der Waals surface area contributed by atoms with E-state index in [1.807, 2.05) is 13.8 Å². The van der Waals surface area contributed by atoms with Gasteiger partial charge in [-0.2, -0.15) is 0 Å². The van der Waals surface area contributed by atoms with Crippen molar-refractivity contribution < 1.29 is 9.59 Å². The molecule has 94 valence electrons. The van der Waals surface area contributed by atoms with Crippen LogP contribution >= 0.6 is 24.2 Å². The molecule has 0 unspecified atom stereocenters. The highest BCUT2D eigenvalue weighted by Gasteiger charge is 2.25. The number of thioether (sulfide) groups is 1. The predicted octanol–water partition coefficient (Wildman–Crippen LogP) is 0.430. The van der Waals surface area contributed by atoms with Gasteiger partial charge in [0.05, 0.1) is 0 Å². The van der Waals surface area contributed by atoms with E-state index in [1.165, 1.54) is 11.8 Å². The van der Waals surface area contributed by atoms with E-state index < -0.39 is 5.54 Å². The topological polar surface area (TPSA) is 75.4 Å². The molecule has 1 heterocycles. The zero-order chi connectivity index (χ0) is 11.5. The van der Waals surface area contributed by atoms with Crippen molar-refractivity contribution in [2.45, 2.75) is 19.4 Å². The van der Waals surface area contributed by atoms with Crippen molar-refractivity contribution in [3.05, 3.63) is 0 Å². The highest BCUT2D eigenvalue weighted by molar-refractivity contribution is 8.13. The number of rotatable bonds is 4. The van der Waals surface area contributed by atoms with Gasteiger partial charge < -0.3 is 16.0 Å². The minimum Gasteiger partial charge on any atom is -0.348 e. The van der Waals surface area contributed by atoms with Crippen LogP contribution in [0, 0.1) is 0 Å². The summed E-state index contributed by atoms with van der Waals surface area (Å²) in [4.78, 5) is 24.3. The molecule has 0 aromatic rings. The lowest BCUT2D eigenvalue weighted by molar-refractivity contribution is -0.123. The number of amides is 2. The van der Waals surface area contributed by atoms with Gasteiger partial charge in [-0.3, -0.25) is 9.59 Å². The molecule has 0 bridgehead atoms. The molecule has 1 saturated heterocycles. The van der Waals surface area contributed by atoms with Crippen LogP contribution in [0.15, 0.2) is 0 Å². The maximum Gasteiger partial charge on any atom is 0.282 e. The van der Waals surface area contributed by atoms with E-state index in [4.69, 9.17) is 5.73 Å². The van der Waals surface area contributed by atoms with E-state index in [0.717, 1.165) is 5.75 Å². The molecule has 1 aliphatic heterocycles. The monoisotopic (exact) mass is 267 g/mol. The third kappa shape index (κ3) is 4.59. The van der Waals surface area contributed by atoms with Crippen molar-refractivity contribution in [3.63, 3.8) is 0 Å². The first-order chi connectivity index (χ1) is 6.94. The number of hydrogen-bond donors (Lipinski definition) is 2. The van der Waals surface area contributed by atoms with Crippen molar-refractivity contribution in [2.24, 2.45) is 5.73 Å². The van der Waals surface area contributed by atoms with Crippen LogP contribution in [0.3, 0.4) is 0 Å². The van der Waals surface area contributed by atoms with Gasteiger partial charge in [-0.25, -0.2) is 0 Å². The SMILES string of the molecule is CC(C)(CN)NC(=O)CN1CCSC1=O.Cl. The van der Waals surface area contributed by atoms with Crippen molar-refractivity contribution in [2.75, 3.05) is 25.4 Å². The molecule has 3 N–H and O–H groups in total. The Kier molecular flexibility index (Phi) is 6.14. The summed E-state index contributed by atoms with van der Waals surface area (Å²) in [7, 11) is 0. The maximum atomic E-state index is 11.5. The average Bonchev–Trinajstić information content (AvgIpc) is 2.51. The first kappa shape index (κ1) is 15.5. The van der Waals surface area contributed by atoms with Crippen molar-refractivity contribution in [1.29, 1.82) is 0 Å². The number of carbonyl (C=O) groups is 2.